The molecular formula is C23H31N3O3S. The maximum Gasteiger partial charge on any atom is 0.243 e. The molecule has 2 aromatic rings. The van der Waals surface area contributed by atoms with Crippen LogP contribution >= 0.6 is 0 Å². The minimum atomic E-state index is -3.54. The minimum absolute atomic E-state index is 0.0711. The lowest BCUT2D eigenvalue weighted by Crippen LogP contribution is -2.54. The summed E-state index contributed by atoms with van der Waals surface area (Å²) in [7, 11) is -3.54. The molecule has 30 heavy (non-hydrogen) atoms. The predicted molar refractivity (Wildman–Crippen MR) is 120 cm³/mol. The van der Waals surface area contributed by atoms with Gasteiger partial charge >= 0.3 is 0 Å². The van der Waals surface area contributed by atoms with Crippen LogP contribution in [0.1, 0.15) is 29.2 Å². The monoisotopic (exact) mass is 429 g/mol. The first-order valence-electron chi connectivity index (χ1n) is 10.3. The topological polar surface area (TPSA) is 69.7 Å². The Morgan fingerprint density at radius 3 is 2.13 bits per heavy atom. The number of hydrogen-bond donors (Lipinski definition) is 1. The zero-order valence-corrected chi connectivity index (χ0v) is 19.2. The average molecular weight is 430 g/mol. The van der Waals surface area contributed by atoms with Gasteiger partial charge in [0.05, 0.1) is 10.9 Å². The van der Waals surface area contributed by atoms with E-state index >= 15 is 0 Å². The molecule has 6 nitrogen and oxygen atoms in total. The van der Waals surface area contributed by atoms with Crippen molar-refractivity contribution >= 4 is 21.6 Å². The number of piperazine rings is 1. The van der Waals surface area contributed by atoms with Crippen molar-refractivity contribution in [3.63, 3.8) is 0 Å². The van der Waals surface area contributed by atoms with Gasteiger partial charge in [0.25, 0.3) is 0 Å². The van der Waals surface area contributed by atoms with Crippen molar-refractivity contribution in [1.82, 2.24) is 9.21 Å². The number of benzene rings is 2. The number of anilines is 1. The number of carbonyl (C=O) groups excluding carboxylic acids is 1. The van der Waals surface area contributed by atoms with Crippen LogP contribution in [0.4, 0.5) is 5.69 Å². The molecule has 0 saturated carbocycles. The standard InChI is InChI=1S/C23H31N3O3S/c1-16-9-10-17(2)21(15-16)30(28,29)26-13-11-25(12-14-26)20(5)23(27)24-22-18(3)7-6-8-19(22)4/h6-10,15,20H,11-14H2,1-5H3,(H,24,27)/t20-/m0/s1. The van der Waals surface area contributed by atoms with Crippen molar-refractivity contribution in [3.05, 3.63) is 58.7 Å². The summed E-state index contributed by atoms with van der Waals surface area (Å²) in [5, 5.41) is 3.04. The summed E-state index contributed by atoms with van der Waals surface area (Å²) in [6.07, 6.45) is 0. The largest absolute Gasteiger partial charge is 0.324 e. The zero-order chi connectivity index (χ0) is 22.1. The van der Waals surface area contributed by atoms with Crippen LogP contribution in [0.25, 0.3) is 0 Å². The van der Waals surface area contributed by atoms with E-state index in [9.17, 15) is 13.2 Å². The Morgan fingerprint density at radius 2 is 1.53 bits per heavy atom. The van der Waals surface area contributed by atoms with E-state index in [4.69, 9.17) is 0 Å². The summed E-state index contributed by atoms with van der Waals surface area (Å²) < 4.78 is 27.8. The number of amides is 1. The van der Waals surface area contributed by atoms with E-state index in [-0.39, 0.29) is 11.9 Å². The number of hydrogen-bond acceptors (Lipinski definition) is 4. The number of carbonyl (C=O) groups is 1. The molecule has 0 radical (unpaired) electrons. The highest BCUT2D eigenvalue weighted by Crippen LogP contribution is 2.24. The van der Waals surface area contributed by atoms with Gasteiger partial charge in [-0.25, -0.2) is 8.42 Å². The van der Waals surface area contributed by atoms with Gasteiger partial charge in [0.15, 0.2) is 0 Å². The number of nitrogens with one attached hydrogen (secondary N) is 1. The second-order valence-corrected chi connectivity index (χ2v) is 10.0. The molecule has 7 heteroatoms. The van der Waals surface area contributed by atoms with Gasteiger partial charge in [0.2, 0.25) is 15.9 Å². The van der Waals surface area contributed by atoms with E-state index in [1.54, 1.807) is 6.07 Å². The molecule has 3 rings (SSSR count). The number of aryl methyl sites for hydroxylation is 4. The molecule has 1 atom stereocenters. The summed E-state index contributed by atoms with van der Waals surface area (Å²) in [6, 6.07) is 11.1. The van der Waals surface area contributed by atoms with Crippen molar-refractivity contribution in [1.29, 1.82) is 0 Å². The molecule has 1 amide bonds. The van der Waals surface area contributed by atoms with Gasteiger partial charge in [-0.2, -0.15) is 4.31 Å². The van der Waals surface area contributed by atoms with Gasteiger partial charge in [-0.1, -0.05) is 30.3 Å². The third-order valence-electron chi connectivity index (χ3n) is 5.89. The predicted octanol–water partition coefficient (Wildman–Crippen LogP) is 3.25. The van der Waals surface area contributed by atoms with Gasteiger partial charge in [0, 0.05) is 31.9 Å². The highest BCUT2D eigenvalue weighted by Gasteiger charge is 2.32. The Labute approximate surface area is 179 Å². The van der Waals surface area contributed by atoms with Crippen molar-refractivity contribution in [2.24, 2.45) is 0 Å². The van der Waals surface area contributed by atoms with Crippen LogP contribution in [0.5, 0.6) is 0 Å². The first kappa shape index (κ1) is 22.5. The van der Waals surface area contributed by atoms with Crippen molar-refractivity contribution in [2.75, 3.05) is 31.5 Å². The second kappa shape index (κ2) is 8.88. The molecule has 1 heterocycles. The van der Waals surface area contributed by atoms with Crippen LogP contribution in [-0.4, -0.2) is 55.8 Å². The van der Waals surface area contributed by atoms with E-state index < -0.39 is 10.0 Å². The first-order chi connectivity index (χ1) is 14.1. The lowest BCUT2D eigenvalue weighted by atomic mass is 10.1. The van der Waals surface area contributed by atoms with Gasteiger partial charge in [0.1, 0.15) is 0 Å². The van der Waals surface area contributed by atoms with Gasteiger partial charge in [-0.3, -0.25) is 9.69 Å². The Balaban J connectivity index is 1.66. The molecule has 2 aromatic carbocycles. The van der Waals surface area contributed by atoms with Crippen molar-refractivity contribution in [3.8, 4) is 0 Å². The van der Waals surface area contributed by atoms with Gasteiger partial charge < -0.3 is 5.32 Å². The van der Waals surface area contributed by atoms with Crippen LogP contribution in [0.15, 0.2) is 41.3 Å². The maximum atomic E-state index is 13.1. The Hall–Kier alpha value is -2.22. The smallest absolute Gasteiger partial charge is 0.243 e. The zero-order valence-electron chi connectivity index (χ0n) is 18.4. The van der Waals surface area contributed by atoms with Crippen LogP contribution < -0.4 is 5.32 Å². The van der Waals surface area contributed by atoms with Crippen molar-refractivity contribution in [2.45, 2.75) is 45.6 Å². The number of para-hydroxylation sites is 1. The number of rotatable bonds is 5. The van der Waals surface area contributed by atoms with E-state index in [0.717, 1.165) is 27.9 Å². The summed E-state index contributed by atoms with van der Waals surface area (Å²) in [4.78, 5) is 15.2. The molecule has 0 aliphatic carbocycles. The fourth-order valence-electron chi connectivity index (χ4n) is 3.86. The first-order valence-corrected chi connectivity index (χ1v) is 11.7. The van der Waals surface area contributed by atoms with Crippen LogP contribution in [0.2, 0.25) is 0 Å². The normalized spacial score (nSPS) is 17.0. The molecule has 162 valence electrons. The van der Waals surface area contributed by atoms with Crippen LogP contribution in [0, 0.1) is 27.7 Å². The SMILES string of the molecule is Cc1ccc(C)c(S(=O)(=O)N2CCN([C@@H](C)C(=O)Nc3c(C)cccc3C)CC2)c1. The minimum Gasteiger partial charge on any atom is -0.324 e. The third kappa shape index (κ3) is 4.58. The quantitative estimate of drug-likeness (QED) is 0.792. The lowest BCUT2D eigenvalue weighted by molar-refractivity contribution is -0.121. The third-order valence-corrected chi connectivity index (χ3v) is 7.93. The molecule has 0 bridgehead atoms. The van der Waals surface area contributed by atoms with Gasteiger partial charge in [-0.15, -0.1) is 0 Å². The molecule has 1 aliphatic rings. The average Bonchev–Trinajstić information content (AvgIpc) is 2.72. The van der Waals surface area contributed by atoms with E-state index in [1.165, 1.54) is 4.31 Å². The maximum absolute atomic E-state index is 13.1. The molecule has 1 saturated heterocycles. The van der Waals surface area contributed by atoms with Crippen LogP contribution in [0.3, 0.4) is 0 Å². The fraction of sp³-hybridized carbons (Fsp3) is 0.435. The molecule has 0 spiro atoms. The Kier molecular flexibility index (Phi) is 6.65. The fourth-order valence-corrected chi connectivity index (χ4v) is 5.59. The highest BCUT2D eigenvalue weighted by atomic mass is 32.2. The molecular weight excluding hydrogens is 398 g/mol. The molecule has 0 unspecified atom stereocenters. The van der Waals surface area contributed by atoms with E-state index in [2.05, 4.69) is 5.32 Å². The second-order valence-electron chi connectivity index (χ2n) is 8.14. The molecule has 1 fully saturated rings. The number of nitrogens with zero attached hydrogens (tertiary/aromatic N) is 2. The van der Waals surface area contributed by atoms with Crippen molar-refractivity contribution < 1.29 is 13.2 Å². The number of sulfonamides is 1. The molecule has 0 aromatic heterocycles. The Morgan fingerprint density at radius 1 is 0.933 bits per heavy atom. The molecule has 1 aliphatic heterocycles. The molecule has 1 N–H and O–H groups in total. The van der Waals surface area contributed by atoms with E-state index in [1.807, 2.05) is 69.9 Å². The van der Waals surface area contributed by atoms with Gasteiger partial charge in [-0.05, 0) is 62.9 Å². The van der Waals surface area contributed by atoms with E-state index in [0.29, 0.717) is 31.1 Å². The summed E-state index contributed by atoms with van der Waals surface area (Å²) in [5.41, 5.74) is 4.59. The van der Waals surface area contributed by atoms with Crippen LogP contribution in [-0.2, 0) is 14.8 Å². The highest BCUT2D eigenvalue weighted by molar-refractivity contribution is 7.89. The lowest BCUT2D eigenvalue weighted by Gasteiger charge is -2.37. The summed E-state index contributed by atoms with van der Waals surface area (Å²) in [5.74, 6) is -0.0711. The summed E-state index contributed by atoms with van der Waals surface area (Å²) in [6.45, 7) is 11.3. The summed E-state index contributed by atoms with van der Waals surface area (Å²) >= 11 is 0. The Bertz CT molecular complexity index is 1020.